The number of nitrogens with zero attached hydrogens (tertiary/aromatic N) is 2. The third-order valence-electron chi connectivity index (χ3n) is 4.74. The molecule has 198 valence electrons. The van der Waals surface area contributed by atoms with E-state index in [-0.39, 0.29) is 35.7 Å². The molecule has 0 heterocycles. The van der Waals surface area contributed by atoms with E-state index in [2.05, 4.69) is 20.1 Å². The molecule has 2 amide bonds. The van der Waals surface area contributed by atoms with E-state index in [0.29, 0.717) is 24.0 Å². The number of ether oxygens (including phenoxy) is 2. The predicted molar refractivity (Wildman–Crippen MR) is 129 cm³/mol. The van der Waals surface area contributed by atoms with Crippen LogP contribution >= 0.6 is 0 Å². The van der Waals surface area contributed by atoms with E-state index in [1.54, 1.807) is 12.1 Å². The molecule has 0 unspecified atom stereocenters. The molecule has 0 radical (unpaired) electrons. The van der Waals surface area contributed by atoms with E-state index in [1.807, 2.05) is 0 Å². The summed E-state index contributed by atoms with van der Waals surface area (Å²) in [6.07, 6.45) is 3.52. The summed E-state index contributed by atoms with van der Waals surface area (Å²) < 4.78 is 57.3. The van der Waals surface area contributed by atoms with E-state index >= 15 is 0 Å². The Morgan fingerprint density at radius 2 is 1.05 bits per heavy atom. The van der Waals surface area contributed by atoms with Crippen molar-refractivity contribution in [2.75, 3.05) is 13.1 Å². The SMILES string of the molecule is N#C/C(=C\c1ccc(OC(F)F)cc1)C(=O)NCCCCNC(=O)/C(C#N)=C/c1ccc(OC(F)F)cc1. The molecule has 0 saturated heterocycles. The minimum Gasteiger partial charge on any atom is -0.435 e. The Bertz CT molecular complexity index is 1130. The number of hydrogen-bond donors (Lipinski definition) is 2. The van der Waals surface area contributed by atoms with Crippen molar-refractivity contribution in [3.05, 3.63) is 70.8 Å². The van der Waals surface area contributed by atoms with Gasteiger partial charge in [0, 0.05) is 13.1 Å². The minimum atomic E-state index is -2.96. The number of amides is 2. The lowest BCUT2D eigenvalue weighted by Crippen LogP contribution is -2.28. The molecule has 0 aromatic heterocycles. The Labute approximate surface area is 215 Å². The Hall–Kier alpha value is -4.84. The van der Waals surface area contributed by atoms with Crippen LogP contribution < -0.4 is 20.1 Å². The Morgan fingerprint density at radius 3 is 1.34 bits per heavy atom. The number of unbranched alkanes of at least 4 members (excludes halogenated alkanes) is 1. The molecule has 0 aliphatic heterocycles. The van der Waals surface area contributed by atoms with Crippen LogP contribution in [0.1, 0.15) is 24.0 Å². The van der Waals surface area contributed by atoms with Crippen LogP contribution in [0.4, 0.5) is 17.6 Å². The molecule has 0 aliphatic rings. The zero-order valence-electron chi connectivity index (χ0n) is 19.8. The normalized spacial score (nSPS) is 11.5. The average Bonchev–Trinajstić information content (AvgIpc) is 2.88. The van der Waals surface area contributed by atoms with E-state index in [1.165, 1.54) is 60.7 Å². The fourth-order valence-electron chi connectivity index (χ4n) is 2.97. The first-order valence-electron chi connectivity index (χ1n) is 11.1. The summed E-state index contributed by atoms with van der Waals surface area (Å²) in [5.74, 6) is -1.35. The van der Waals surface area contributed by atoms with E-state index in [9.17, 15) is 37.7 Å². The van der Waals surface area contributed by atoms with Crippen molar-refractivity contribution in [1.82, 2.24) is 10.6 Å². The van der Waals surface area contributed by atoms with Gasteiger partial charge in [-0.2, -0.15) is 28.1 Å². The van der Waals surface area contributed by atoms with Crippen LogP contribution in [-0.4, -0.2) is 38.1 Å². The summed E-state index contributed by atoms with van der Waals surface area (Å²) >= 11 is 0. The highest BCUT2D eigenvalue weighted by Crippen LogP contribution is 2.18. The first kappa shape index (κ1) is 29.4. The van der Waals surface area contributed by atoms with Gasteiger partial charge in [-0.3, -0.25) is 9.59 Å². The Balaban J connectivity index is 1.76. The van der Waals surface area contributed by atoms with Gasteiger partial charge >= 0.3 is 13.2 Å². The first-order valence-corrected chi connectivity index (χ1v) is 11.1. The van der Waals surface area contributed by atoms with Gasteiger partial charge in [0.15, 0.2) is 0 Å². The van der Waals surface area contributed by atoms with Gasteiger partial charge in [0.25, 0.3) is 11.8 Å². The van der Waals surface area contributed by atoms with Crippen molar-refractivity contribution in [1.29, 1.82) is 10.5 Å². The first-order chi connectivity index (χ1) is 18.2. The molecule has 0 saturated carbocycles. The van der Waals surface area contributed by atoms with Gasteiger partial charge in [-0.05, 0) is 60.4 Å². The summed E-state index contributed by atoms with van der Waals surface area (Å²) in [7, 11) is 0. The van der Waals surface area contributed by atoms with Gasteiger partial charge in [0.1, 0.15) is 34.8 Å². The summed E-state index contributed by atoms with van der Waals surface area (Å²) in [5, 5.41) is 23.6. The molecule has 2 aromatic rings. The molecule has 0 aliphatic carbocycles. The van der Waals surface area contributed by atoms with E-state index < -0.39 is 25.0 Å². The zero-order valence-corrected chi connectivity index (χ0v) is 19.8. The molecule has 0 atom stereocenters. The lowest BCUT2D eigenvalue weighted by molar-refractivity contribution is -0.118. The van der Waals surface area contributed by atoms with E-state index in [4.69, 9.17) is 0 Å². The smallest absolute Gasteiger partial charge is 0.387 e. The zero-order chi connectivity index (χ0) is 27.9. The third kappa shape index (κ3) is 10.4. The molecule has 0 fully saturated rings. The predicted octanol–water partition coefficient (Wildman–Crippen LogP) is 4.42. The number of hydrogen-bond acceptors (Lipinski definition) is 6. The second kappa shape index (κ2) is 15.3. The van der Waals surface area contributed by atoms with Crippen molar-refractivity contribution in [2.24, 2.45) is 0 Å². The summed E-state index contributed by atoms with van der Waals surface area (Å²) in [6.45, 7) is -5.50. The number of rotatable bonds is 13. The van der Waals surface area contributed by atoms with Crippen LogP contribution in [0.25, 0.3) is 12.2 Å². The molecule has 0 spiro atoms. The molecular weight excluding hydrogens is 508 g/mol. The molecule has 2 rings (SSSR count). The molecule has 0 bridgehead atoms. The lowest BCUT2D eigenvalue weighted by Gasteiger charge is -2.07. The van der Waals surface area contributed by atoms with Gasteiger partial charge < -0.3 is 20.1 Å². The second-order valence-corrected chi connectivity index (χ2v) is 7.45. The number of halogens is 4. The summed E-state index contributed by atoms with van der Waals surface area (Å²) in [5.41, 5.74) is 0.525. The minimum absolute atomic E-state index is 0.0547. The highest BCUT2D eigenvalue weighted by atomic mass is 19.3. The topological polar surface area (TPSA) is 124 Å². The maximum atomic E-state index is 12.2. The van der Waals surface area contributed by atoms with Gasteiger partial charge in [-0.1, -0.05) is 24.3 Å². The van der Waals surface area contributed by atoms with Crippen LogP contribution in [0.15, 0.2) is 59.7 Å². The fraction of sp³-hybridized carbons (Fsp3) is 0.231. The van der Waals surface area contributed by atoms with Crippen LogP contribution in [0.5, 0.6) is 11.5 Å². The van der Waals surface area contributed by atoms with Gasteiger partial charge in [0.05, 0.1) is 0 Å². The van der Waals surface area contributed by atoms with Crippen molar-refractivity contribution < 1.29 is 36.6 Å². The van der Waals surface area contributed by atoms with Gasteiger partial charge in [0.2, 0.25) is 0 Å². The van der Waals surface area contributed by atoms with Gasteiger partial charge in [-0.25, -0.2) is 0 Å². The largest absolute Gasteiger partial charge is 0.435 e. The molecule has 12 heteroatoms. The van der Waals surface area contributed by atoms with Crippen LogP contribution in [0, 0.1) is 22.7 Å². The maximum absolute atomic E-state index is 12.2. The van der Waals surface area contributed by atoms with Crippen LogP contribution in [-0.2, 0) is 9.59 Å². The van der Waals surface area contributed by atoms with Crippen molar-refractivity contribution in [3.63, 3.8) is 0 Å². The molecular formula is C26H22F4N4O4. The van der Waals surface area contributed by atoms with Crippen LogP contribution in [0.2, 0.25) is 0 Å². The summed E-state index contributed by atoms with van der Waals surface area (Å²) in [6, 6.07) is 14.4. The number of nitriles is 2. The maximum Gasteiger partial charge on any atom is 0.387 e. The number of carbonyl (C=O) groups excluding carboxylic acids is 2. The fourth-order valence-corrected chi connectivity index (χ4v) is 2.97. The van der Waals surface area contributed by atoms with Crippen molar-refractivity contribution >= 4 is 24.0 Å². The standard InChI is InChI=1S/C26H22F4N4O4/c27-25(28)37-21-7-3-17(4-8-21)13-19(15-31)23(35)33-11-1-2-12-34-24(36)20(16-32)14-18-5-9-22(10-6-18)38-26(29)30/h3-10,13-14,25-26H,1-2,11-12H2,(H,33,35)(H,34,36)/b19-13+,20-14+. The number of alkyl halides is 4. The number of nitrogens with one attached hydrogen (secondary N) is 2. The molecule has 8 nitrogen and oxygen atoms in total. The second-order valence-electron chi connectivity index (χ2n) is 7.45. The summed E-state index contributed by atoms with van der Waals surface area (Å²) in [4.78, 5) is 24.4. The number of benzene rings is 2. The van der Waals surface area contributed by atoms with Gasteiger partial charge in [-0.15, -0.1) is 0 Å². The molecule has 2 aromatic carbocycles. The van der Waals surface area contributed by atoms with E-state index in [0.717, 1.165) is 0 Å². The highest BCUT2D eigenvalue weighted by Gasteiger charge is 2.11. The Kier molecular flexibility index (Phi) is 11.8. The highest BCUT2D eigenvalue weighted by molar-refractivity contribution is 6.02. The molecule has 2 N–H and O–H groups in total. The number of carbonyl (C=O) groups is 2. The molecule has 38 heavy (non-hydrogen) atoms. The average molecular weight is 530 g/mol. The quantitative estimate of drug-likeness (QED) is 0.171. The van der Waals surface area contributed by atoms with Crippen molar-refractivity contribution in [3.8, 4) is 23.6 Å². The van der Waals surface area contributed by atoms with Crippen LogP contribution in [0.3, 0.4) is 0 Å². The Morgan fingerprint density at radius 1 is 0.711 bits per heavy atom. The monoisotopic (exact) mass is 530 g/mol. The lowest BCUT2D eigenvalue weighted by atomic mass is 10.1. The van der Waals surface area contributed by atoms with Crippen molar-refractivity contribution in [2.45, 2.75) is 26.1 Å². The third-order valence-corrected chi connectivity index (χ3v) is 4.74.